The molecular weight excluding hydrogens is 273 g/mol. The molecule has 0 aliphatic carbocycles. The van der Waals surface area contributed by atoms with Crippen LogP contribution >= 0.6 is 7.94 Å². The highest BCUT2D eigenvalue weighted by atomic mass is 31.2. The number of hydrogen-bond donors (Lipinski definition) is 0. The summed E-state index contributed by atoms with van der Waals surface area (Å²) in [6.45, 7) is 8.13. The van der Waals surface area contributed by atoms with Crippen molar-refractivity contribution in [1.82, 2.24) is 14.0 Å². The van der Waals surface area contributed by atoms with Gasteiger partial charge in [-0.1, -0.05) is 0 Å². The molecule has 3 aliphatic rings. The van der Waals surface area contributed by atoms with Crippen molar-refractivity contribution in [2.75, 3.05) is 39.3 Å². The van der Waals surface area contributed by atoms with Crippen LogP contribution in [0.1, 0.15) is 45.4 Å². The molecule has 0 bridgehead atoms. The summed E-state index contributed by atoms with van der Waals surface area (Å²) in [5, 5.41) is 0. The minimum atomic E-state index is -2.04. The Morgan fingerprint density at radius 2 is 1.05 bits per heavy atom. The first-order chi connectivity index (χ1) is 9.73. The first kappa shape index (κ1) is 14.7. The van der Waals surface area contributed by atoms with Gasteiger partial charge in [-0.15, -0.1) is 14.0 Å². The third-order valence-corrected chi connectivity index (χ3v) is 8.52. The predicted molar refractivity (Wildman–Crippen MR) is 81.1 cm³/mol. The van der Waals surface area contributed by atoms with Gasteiger partial charge in [0.1, 0.15) is 0 Å². The Balaban J connectivity index is 1.93. The van der Waals surface area contributed by atoms with Gasteiger partial charge in [-0.2, -0.15) is 0 Å². The van der Waals surface area contributed by atoms with Crippen molar-refractivity contribution in [3.63, 3.8) is 0 Å². The lowest BCUT2D eigenvalue weighted by Crippen LogP contribution is -2.44. The Bertz CT molecular complexity index is 308. The van der Waals surface area contributed by atoms with Crippen molar-refractivity contribution in [3.05, 3.63) is 0 Å². The lowest BCUT2D eigenvalue weighted by molar-refractivity contribution is -0.132. The first-order valence-corrected chi connectivity index (χ1v) is 9.65. The van der Waals surface area contributed by atoms with E-state index in [-0.39, 0.29) is 5.97 Å². The second kappa shape index (κ2) is 6.27. The number of rotatable bonds is 4. The van der Waals surface area contributed by atoms with Crippen LogP contribution in [0.5, 0.6) is 0 Å². The molecule has 6 heteroatoms. The summed E-state index contributed by atoms with van der Waals surface area (Å²) in [7, 11) is -2.04. The molecule has 3 saturated heterocycles. The van der Waals surface area contributed by atoms with Gasteiger partial charge in [-0.3, -0.25) is 4.52 Å². The van der Waals surface area contributed by atoms with E-state index in [4.69, 9.17) is 4.52 Å². The number of hydrogen-bond acceptors (Lipinski definition) is 5. The summed E-state index contributed by atoms with van der Waals surface area (Å²) in [6.07, 6.45) is 7.44. The topological polar surface area (TPSA) is 36.0 Å². The fourth-order valence-corrected chi connectivity index (χ4v) is 7.94. The molecule has 0 aromatic heterocycles. The van der Waals surface area contributed by atoms with Gasteiger partial charge in [0.2, 0.25) is 0 Å². The maximum absolute atomic E-state index is 11.9. The van der Waals surface area contributed by atoms with E-state index in [2.05, 4.69) is 14.0 Å². The Labute approximate surface area is 122 Å². The van der Waals surface area contributed by atoms with Crippen molar-refractivity contribution in [2.24, 2.45) is 0 Å². The SMILES string of the molecule is CC(=O)O[P+](N1CCCC1)(N1CCCC1)N1CCCC1. The monoisotopic (exact) mass is 300 g/mol. The number of nitrogens with zero attached hydrogens (tertiary/aromatic N) is 3. The van der Waals surface area contributed by atoms with Gasteiger partial charge in [0, 0.05) is 46.2 Å². The highest BCUT2D eigenvalue weighted by Crippen LogP contribution is 2.70. The molecule has 5 nitrogen and oxygen atoms in total. The van der Waals surface area contributed by atoms with E-state index in [0.29, 0.717) is 0 Å². The molecule has 0 amide bonds. The van der Waals surface area contributed by atoms with Gasteiger partial charge >= 0.3 is 13.9 Å². The van der Waals surface area contributed by atoms with Crippen LogP contribution in [-0.2, 0) is 9.32 Å². The maximum Gasteiger partial charge on any atom is 0.422 e. The molecule has 0 atom stereocenters. The van der Waals surface area contributed by atoms with Crippen LogP contribution in [0.3, 0.4) is 0 Å². The summed E-state index contributed by atoms with van der Waals surface area (Å²) in [5.74, 6) is -0.107. The van der Waals surface area contributed by atoms with E-state index in [0.717, 1.165) is 39.3 Å². The van der Waals surface area contributed by atoms with Crippen molar-refractivity contribution < 1.29 is 9.32 Å². The van der Waals surface area contributed by atoms with E-state index in [9.17, 15) is 4.79 Å². The van der Waals surface area contributed by atoms with Crippen LogP contribution in [0.15, 0.2) is 0 Å². The zero-order valence-corrected chi connectivity index (χ0v) is 13.5. The highest BCUT2D eigenvalue weighted by Gasteiger charge is 2.62. The molecule has 3 heterocycles. The fraction of sp³-hybridized carbons (Fsp3) is 0.929. The Morgan fingerprint density at radius 3 is 1.30 bits per heavy atom. The molecule has 0 aromatic rings. The molecule has 0 unspecified atom stereocenters. The van der Waals surface area contributed by atoms with E-state index >= 15 is 0 Å². The lowest BCUT2D eigenvalue weighted by Gasteiger charge is -2.40. The van der Waals surface area contributed by atoms with Gasteiger partial charge in [0.25, 0.3) is 0 Å². The van der Waals surface area contributed by atoms with Crippen LogP contribution in [0, 0.1) is 0 Å². The highest BCUT2D eigenvalue weighted by molar-refractivity contribution is 7.64. The van der Waals surface area contributed by atoms with E-state index < -0.39 is 7.94 Å². The molecule has 0 saturated carbocycles. The molecule has 3 fully saturated rings. The molecule has 0 aromatic carbocycles. The lowest BCUT2D eigenvalue weighted by atomic mass is 10.4. The van der Waals surface area contributed by atoms with Gasteiger partial charge in [-0.05, 0) is 38.5 Å². The number of carbonyl (C=O) groups is 1. The van der Waals surface area contributed by atoms with Crippen LogP contribution in [-0.4, -0.2) is 59.2 Å². The first-order valence-electron chi connectivity index (χ1n) is 8.09. The van der Waals surface area contributed by atoms with Gasteiger partial charge in [0.05, 0.1) is 0 Å². The normalized spacial score (nSPS) is 26.4. The Morgan fingerprint density at radius 1 is 0.750 bits per heavy atom. The Kier molecular flexibility index (Phi) is 4.61. The third kappa shape index (κ3) is 2.61. The van der Waals surface area contributed by atoms with Crippen molar-refractivity contribution in [3.8, 4) is 0 Å². The average Bonchev–Trinajstić information content (AvgIpc) is 3.15. The standard InChI is InChI=1S/C14H27N3O2P/c1-14(18)19-20(15-8-2-3-9-15,16-10-4-5-11-16)17-12-6-7-13-17/h2-13H2,1H3/q+1. The molecule has 3 rings (SSSR count). The molecule has 114 valence electrons. The zero-order chi connectivity index (χ0) is 14.0. The van der Waals surface area contributed by atoms with Gasteiger partial charge < -0.3 is 0 Å². The summed E-state index contributed by atoms with van der Waals surface area (Å²) >= 11 is 0. The van der Waals surface area contributed by atoms with Crippen molar-refractivity contribution >= 4 is 13.9 Å². The van der Waals surface area contributed by atoms with E-state index in [1.54, 1.807) is 6.92 Å². The molecule has 20 heavy (non-hydrogen) atoms. The van der Waals surface area contributed by atoms with E-state index in [1.165, 1.54) is 38.5 Å². The minimum Gasteiger partial charge on any atom is -0.254 e. The van der Waals surface area contributed by atoms with Gasteiger partial charge in [-0.25, -0.2) is 4.79 Å². The van der Waals surface area contributed by atoms with Crippen molar-refractivity contribution in [2.45, 2.75) is 45.4 Å². The third-order valence-electron chi connectivity index (χ3n) is 4.60. The fourth-order valence-electron chi connectivity index (χ4n) is 3.77. The van der Waals surface area contributed by atoms with Crippen LogP contribution in [0.4, 0.5) is 0 Å². The predicted octanol–water partition coefficient (Wildman–Crippen LogP) is 2.51. The summed E-state index contributed by atoms with van der Waals surface area (Å²) in [5.41, 5.74) is 0. The number of carbonyl (C=O) groups excluding carboxylic acids is 1. The van der Waals surface area contributed by atoms with E-state index in [1.807, 2.05) is 0 Å². The molecular formula is C14H27N3O2P+. The summed E-state index contributed by atoms with van der Waals surface area (Å²) in [4.78, 5) is 11.9. The molecule has 0 N–H and O–H groups in total. The van der Waals surface area contributed by atoms with Gasteiger partial charge in [0.15, 0.2) is 0 Å². The molecule has 0 radical (unpaired) electrons. The summed E-state index contributed by atoms with van der Waals surface area (Å²) in [6, 6.07) is 0. The minimum absolute atomic E-state index is 0.107. The van der Waals surface area contributed by atoms with Crippen LogP contribution < -0.4 is 0 Å². The zero-order valence-electron chi connectivity index (χ0n) is 12.6. The van der Waals surface area contributed by atoms with Crippen LogP contribution in [0.25, 0.3) is 0 Å². The second-order valence-corrected chi connectivity index (χ2v) is 8.98. The quantitative estimate of drug-likeness (QED) is 0.746. The Hall–Kier alpha value is -0.220. The smallest absolute Gasteiger partial charge is 0.254 e. The maximum atomic E-state index is 11.9. The molecule has 0 spiro atoms. The molecule has 3 aliphatic heterocycles. The second-order valence-electron chi connectivity index (χ2n) is 6.08. The summed E-state index contributed by atoms with van der Waals surface area (Å²) < 4.78 is 13.7. The van der Waals surface area contributed by atoms with Crippen molar-refractivity contribution in [1.29, 1.82) is 0 Å². The average molecular weight is 300 g/mol. The largest absolute Gasteiger partial charge is 0.422 e. The van der Waals surface area contributed by atoms with Crippen LogP contribution in [0.2, 0.25) is 0 Å².